The van der Waals surface area contributed by atoms with Gasteiger partial charge in [0.15, 0.2) is 0 Å². The van der Waals surface area contributed by atoms with Gasteiger partial charge in [-0.05, 0) is 42.0 Å². The highest BCUT2D eigenvalue weighted by Crippen LogP contribution is 2.38. The Kier molecular flexibility index (Phi) is 3.72. The Hall–Kier alpha value is -2.38. The summed E-state index contributed by atoms with van der Waals surface area (Å²) in [6, 6.07) is 5.01. The molecule has 0 aliphatic heterocycles. The fourth-order valence-electron chi connectivity index (χ4n) is 1.95. The van der Waals surface area contributed by atoms with E-state index in [1.54, 1.807) is 0 Å². The second-order valence-corrected chi connectivity index (χ2v) is 4.64. The number of rotatable bonds is 1. The monoisotopic (exact) mass is 320 g/mol. The third-order valence-corrected chi connectivity index (χ3v) is 2.97. The second kappa shape index (κ2) is 5.11. The Balaban J connectivity index is 2.64. The van der Waals surface area contributed by atoms with Crippen molar-refractivity contribution in [2.24, 2.45) is 0 Å². The number of nitrogen functional groups attached to an aromatic ring is 2. The molecule has 2 aromatic carbocycles. The highest BCUT2D eigenvalue weighted by atomic mass is 19.4. The molecule has 0 aromatic heterocycles. The molecule has 8 heteroatoms. The van der Waals surface area contributed by atoms with E-state index in [4.69, 9.17) is 11.5 Å². The first-order valence-corrected chi connectivity index (χ1v) is 5.93. The number of anilines is 2. The van der Waals surface area contributed by atoms with E-state index in [0.717, 1.165) is 18.2 Å². The summed E-state index contributed by atoms with van der Waals surface area (Å²) in [4.78, 5) is 0. The zero-order valence-corrected chi connectivity index (χ0v) is 10.9. The minimum atomic E-state index is -4.67. The predicted octanol–water partition coefficient (Wildman–Crippen LogP) is 4.56. The van der Waals surface area contributed by atoms with Crippen molar-refractivity contribution >= 4 is 11.4 Å². The van der Waals surface area contributed by atoms with Crippen molar-refractivity contribution < 1.29 is 26.3 Å². The lowest BCUT2D eigenvalue weighted by Crippen LogP contribution is -2.07. The minimum Gasteiger partial charge on any atom is -0.399 e. The maximum atomic E-state index is 12.8. The molecule has 0 amide bonds. The molecule has 0 heterocycles. The molecule has 2 nitrogen and oxygen atoms in total. The summed E-state index contributed by atoms with van der Waals surface area (Å²) in [7, 11) is 0. The molecule has 2 aromatic rings. The second-order valence-electron chi connectivity index (χ2n) is 4.64. The van der Waals surface area contributed by atoms with Crippen LogP contribution in [0.1, 0.15) is 11.1 Å². The Morgan fingerprint density at radius 1 is 0.682 bits per heavy atom. The van der Waals surface area contributed by atoms with Gasteiger partial charge in [0.05, 0.1) is 11.1 Å². The quantitative estimate of drug-likeness (QED) is 0.598. The number of alkyl halides is 6. The number of hydrogen-bond donors (Lipinski definition) is 2. The van der Waals surface area contributed by atoms with E-state index in [2.05, 4.69) is 0 Å². The lowest BCUT2D eigenvalue weighted by atomic mass is 9.98. The van der Waals surface area contributed by atoms with Crippen LogP contribution in [0.3, 0.4) is 0 Å². The lowest BCUT2D eigenvalue weighted by molar-refractivity contribution is -0.138. The Bertz CT molecular complexity index is 703. The third kappa shape index (κ3) is 3.26. The summed E-state index contributed by atoms with van der Waals surface area (Å²) in [5, 5.41) is 0. The van der Waals surface area contributed by atoms with Crippen LogP contribution >= 0.6 is 0 Å². The Labute approximate surface area is 121 Å². The standard InChI is InChI=1S/C14H10F6N2/c15-13(16,17)8-1-2-12(22)11(6-8)7-3-9(14(18,19)20)5-10(21)4-7/h1-6H,21-22H2. The zero-order chi connectivity index (χ0) is 16.7. The molecule has 0 bridgehead atoms. The van der Waals surface area contributed by atoms with Crippen LogP contribution in [0.25, 0.3) is 11.1 Å². The van der Waals surface area contributed by atoms with E-state index in [0.29, 0.717) is 18.2 Å². The van der Waals surface area contributed by atoms with Crippen molar-refractivity contribution in [3.05, 3.63) is 47.5 Å². The molecule has 0 spiro atoms. The molecule has 2 rings (SSSR count). The molecule has 0 atom stereocenters. The van der Waals surface area contributed by atoms with Crippen LogP contribution in [0.15, 0.2) is 36.4 Å². The van der Waals surface area contributed by atoms with Gasteiger partial charge >= 0.3 is 12.4 Å². The highest BCUT2D eigenvalue weighted by Gasteiger charge is 2.33. The van der Waals surface area contributed by atoms with E-state index in [1.165, 1.54) is 0 Å². The molecule has 0 saturated carbocycles. The fraction of sp³-hybridized carbons (Fsp3) is 0.143. The molecular formula is C14H10F6N2. The van der Waals surface area contributed by atoms with Gasteiger partial charge in [0.2, 0.25) is 0 Å². The van der Waals surface area contributed by atoms with Crippen LogP contribution < -0.4 is 11.5 Å². The van der Waals surface area contributed by atoms with E-state index >= 15 is 0 Å². The largest absolute Gasteiger partial charge is 0.416 e. The van der Waals surface area contributed by atoms with Gasteiger partial charge in [-0.15, -0.1) is 0 Å². The molecule has 0 aliphatic rings. The average molecular weight is 320 g/mol. The number of halogens is 6. The maximum absolute atomic E-state index is 12.8. The van der Waals surface area contributed by atoms with Crippen LogP contribution in [0, 0.1) is 0 Å². The molecule has 4 N–H and O–H groups in total. The summed E-state index contributed by atoms with van der Waals surface area (Å²) in [6.07, 6.45) is -9.30. The molecule has 118 valence electrons. The summed E-state index contributed by atoms with van der Waals surface area (Å²) in [5.41, 5.74) is 8.34. The van der Waals surface area contributed by atoms with Crippen LogP contribution in [-0.2, 0) is 12.4 Å². The van der Waals surface area contributed by atoms with Gasteiger partial charge in [-0.1, -0.05) is 0 Å². The molecule has 0 unspecified atom stereocenters. The van der Waals surface area contributed by atoms with E-state index in [-0.39, 0.29) is 22.5 Å². The van der Waals surface area contributed by atoms with Crippen molar-refractivity contribution in [1.82, 2.24) is 0 Å². The summed E-state index contributed by atoms with van der Waals surface area (Å²) >= 11 is 0. The average Bonchev–Trinajstić information content (AvgIpc) is 2.36. The van der Waals surface area contributed by atoms with Crippen molar-refractivity contribution in [2.75, 3.05) is 11.5 Å². The topological polar surface area (TPSA) is 52.0 Å². The number of benzene rings is 2. The summed E-state index contributed by atoms with van der Waals surface area (Å²) < 4.78 is 76.5. The maximum Gasteiger partial charge on any atom is 0.416 e. The summed E-state index contributed by atoms with van der Waals surface area (Å²) in [5.74, 6) is 0. The predicted molar refractivity (Wildman–Crippen MR) is 70.7 cm³/mol. The molecule has 22 heavy (non-hydrogen) atoms. The van der Waals surface area contributed by atoms with Crippen LogP contribution in [0.2, 0.25) is 0 Å². The van der Waals surface area contributed by atoms with Gasteiger partial charge < -0.3 is 11.5 Å². The first-order chi connectivity index (χ1) is 9.98. The fourth-order valence-corrected chi connectivity index (χ4v) is 1.95. The molecule has 0 saturated heterocycles. The van der Waals surface area contributed by atoms with E-state index in [1.807, 2.05) is 0 Å². The van der Waals surface area contributed by atoms with E-state index in [9.17, 15) is 26.3 Å². The first-order valence-electron chi connectivity index (χ1n) is 5.93. The first kappa shape index (κ1) is 16.0. The zero-order valence-electron chi connectivity index (χ0n) is 10.9. The van der Waals surface area contributed by atoms with Crippen LogP contribution in [0.4, 0.5) is 37.7 Å². The van der Waals surface area contributed by atoms with Crippen molar-refractivity contribution in [3.8, 4) is 11.1 Å². The van der Waals surface area contributed by atoms with Crippen molar-refractivity contribution in [1.29, 1.82) is 0 Å². The van der Waals surface area contributed by atoms with Gasteiger partial charge in [-0.2, -0.15) is 26.3 Å². The van der Waals surface area contributed by atoms with Gasteiger partial charge in [-0.3, -0.25) is 0 Å². The third-order valence-electron chi connectivity index (χ3n) is 2.97. The highest BCUT2D eigenvalue weighted by molar-refractivity contribution is 5.79. The van der Waals surface area contributed by atoms with Gasteiger partial charge in [0.25, 0.3) is 0 Å². The molecule has 0 aliphatic carbocycles. The normalized spacial score (nSPS) is 12.5. The van der Waals surface area contributed by atoms with Gasteiger partial charge in [0, 0.05) is 16.9 Å². The minimum absolute atomic E-state index is 0.0771. The summed E-state index contributed by atoms with van der Waals surface area (Å²) in [6.45, 7) is 0. The molecule has 0 fully saturated rings. The molecule has 0 radical (unpaired) electrons. The van der Waals surface area contributed by atoms with Gasteiger partial charge in [0.1, 0.15) is 0 Å². The van der Waals surface area contributed by atoms with Crippen LogP contribution in [0.5, 0.6) is 0 Å². The molecular weight excluding hydrogens is 310 g/mol. The Morgan fingerprint density at radius 2 is 1.27 bits per heavy atom. The smallest absolute Gasteiger partial charge is 0.399 e. The van der Waals surface area contributed by atoms with Crippen molar-refractivity contribution in [3.63, 3.8) is 0 Å². The van der Waals surface area contributed by atoms with Gasteiger partial charge in [-0.25, -0.2) is 0 Å². The van der Waals surface area contributed by atoms with E-state index < -0.39 is 23.5 Å². The van der Waals surface area contributed by atoms with Crippen LogP contribution in [-0.4, -0.2) is 0 Å². The number of hydrogen-bond acceptors (Lipinski definition) is 2. The Morgan fingerprint density at radius 3 is 1.82 bits per heavy atom. The van der Waals surface area contributed by atoms with Crippen molar-refractivity contribution in [2.45, 2.75) is 12.4 Å². The SMILES string of the molecule is Nc1cc(-c2cc(C(F)(F)F)ccc2N)cc(C(F)(F)F)c1. The lowest BCUT2D eigenvalue weighted by Gasteiger charge is -2.14. The number of nitrogens with two attached hydrogens (primary N) is 2.